The van der Waals surface area contributed by atoms with Gasteiger partial charge in [-0.25, -0.2) is 0 Å². The Morgan fingerprint density at radius 1 is 1.37 bits per heavy atom. The van der Waals surface area contributed by atoms with E-state index in [4.69, 9.17) is 0 Å². The number of nitrogens with zero attached hydrogens (tertiary/aromatic N) is 2. The summed E-state index contributed by atoms with van der Waals surface area (Å²) in [5, 5.41) is 3.44. The van der Waals surface area contributed by atoms with E-state index in [1.165, 1.54) is 0 Å². The molecule has 1 fully saturated rings. The van der Waals surface area contributed by atoms with E-state index in [0.717, 1.165) is 31.6 Å². The highest BCUT2D eigenvalue weighted by Crippen LogP contribution is 2.09. The summed E-state index contributed by atoms with van der Waals surface area (Å²) in [6, 6.07) is 6.70. The fourth-order valence-electron chi connectivity index (χ4n) is 2.66. The van der Waals surface area contributed by atoms with Gasteiger partial charge in [0.15, 0.2) is 0 Å². The Morgan fingerprint density at radius 2 is 2.11 bits per heavy atom. The van der Waals surface area contributed by atoms with E-state index < -0.39 is 0 Å². The molecule has 1 saturated heterocycles. The Bertz CT molecular complexity index is 397. The molecule has 19 heavy (non-hydrogen) atoms. The molecule has 0 aliphatic carbocycles. The van der Waals surface area contributed by atoms with Gasteiger partial charge in [-0.05, 0) is 38.8 Å². The molecule has 0 bridgehead atoms. The third-order valence-electron chi connectivity index (χ3n) is 3.46. The lowest BCUT2D eigenvalue weighted by molar-refractivity contribution is -0.133. The fraction of sp³-hybridized carbons (Fsp3) is 0.600. The Balaban J connectivity index is 1.75. The van der Waals surface area contributed by atoms with Crippen LogP contribution in [0.15, 0.2) is 24.4 Å². The van der Waals surface area contributed by atoms with Crippen LogP contribution < -0.4 is 5.32 Å². The van der Waals surface area contributed by atoms with Crippen LogP contribution in [0.25, 0.3) is 0 Å². The summed E-state index contributed by atoms with van der Waals surface area (Å²) in [5.74, 6) is 0.274. The van der Waals surface area contributed by atoms with Gasteiger partial charge < -0.3 is 10.2 Å². The number of hydrogen-bond donors (Lipinski definition) is 1. The van der Waals surface area contributed by atoms with Gasteiger partial charge in [0.1, 0.15) is 0 Å². The lowest BCUT2D eigenvalue weighted by atomic mass is 10.1. The third-order valence-corrected chi connectivity index (χ3v) is 3.46. The number of rotatable bonds is 4. The molecule has 104 valence electrons. The summed E-state index contributed by atoms with van der Waals surface area (Å²) < 4.78 is 0. The van der Waals surface area contributed by atoms with Gasteiger partial charge in [-0.1, -0.05) is 6.07 Å². The second-order valence-corrected chi connectivity index (χ2v) is 5.44. The minimum Gasteiger partial charge on any atom is -0.340 e. The van der Waals surface area contributed by atoms with Crippen LogP contribution in [0.2, 0.25) is 0 Å². The molecule has 0 radical (unpaired) electrons. The molecule has 2 atom stereocenters. The number of pyridine rings is 1. The van der Waals surface area contributed by atoms with Crippen LogP contribution in [-0.2, 0) is 11.2 Å². The van der Waals surface area contributed by atoms with Crippen LogP contribution in [0.5, 0.6) is 0 Å². The minimum atomic E-state index is 0.274. The largest absolute Gasteiger partial charge is 0.340 e. The molecule has 1 N–H and O–H groups in total. The monoisotopic (exact) mass is 261 g/mol. The molecule has 0 aromatic carbocycles. The van der Waals surface area contributed by atoms with Crippen molar-refractivity contribution in [2.75, 3.05) is 13.1 Å². The predicted octanol–water partition coefficient (Wildman–Crippen LogP) is 1.61. The van der Waals surface area contributed by atoms with Gasteiger partial charge in [-0.3, -0.25) is 9.78 Å². The van der Waals surface area contributed by atoms with E-state index in [0.29, 0.717) is 18.5 Å². The van der Waals surface area contributed by atoms with Crippen molar-refractivity contribution < 1.29 is 4.79 Å². The Morgan fingerprint density at radius 3 is 2.74 bits per heavy atom. The Hall–Kier alpha value is -1.42. The molecule has 2 unspecified atom stereocenters. The Labute approximate surface area is 115 Å². The summed E-state index contributed by atoms with van der Waals surface area (Å²) in [6.45, 7) is 5.91. The zero-order valence-corrected chi connectivity index (χ0v) is 11.8. The maximum atomic E-state index is 12.2. The molecular formula is C15H23N3O. The average Bonchev–Trinajstić information content (AvgIpc) is 2.38. The van der Waals surface area contributed by atoms with Crippen LogP contribution in [0.3, 0.4) is 0 Å². The first-order valence-corrected chi connectivity index (χ1v) is 7.09. The van der Waals surface area contributed by atoms with Crippen molar-refractivity contribution >= 4 is 5.91 Å². The second kappa shape index (κ2) is 6.66. The zero-order chi connectivity index (χ0) is 13.7. The molecule has 4 heteroatoms. The number of piperazine rings is 1. The quantitative estimate of drug-likeness (QED) is 0.895. The lowest BCUT2D eigenvalue weighted by Crippen LogP contribution is -2.55. The van der Waals surface area contributed by atoms with Crippen molar-refractivity contribution in [2.24, 2.45) is 0 Å². The maximum Gasteiger partial charge on any atom is 0.222 e. The third kappa shape index (κ3) is 4.31. The Kier molecular flexibility index (Phi) is 4.91. The normalized spacial score (nSPS) is 23.4. The smallest absolute Gasteiger partial charge is 0.222 e. The van der Waals surface area contributed by atoms with E-state index in [-0.39, 0.29) is 5.91 Å². The van der Waals surface area contributed by atoms with Crippen molar-refractivity contribution in [3.05, 3.63) is 30.1 Å². The number of carbonyl (C=O) groups is 1. The highest BCUT2D eigenvalue weighted by molar-refractivity contribution is 5.76. The molecule has 0 saturated carbocycles. The summed E-state index contributed by atoms with van der Waals surface area (Å²) in [6.07, 6.45) is 4.18. The van der Waals surface area contributed by atoms with Crippen molar-refractivity contribution in [3.63, 3.8) is 0 Å². The number of amides is 1. The topological polar surface area (TPSA) is 45.2 Å². The van der Waals surface area contributed by atoms with Gasteiger partial charge in [-0.2, -0.15) is 0 Å². The van der Waals surface area contributed by atoms with Crippen molar-refractivity contribution in [1.29, 1.82) is 0 Å². The van der Waals surface area contributed by atoms with Crippen LogP contribution in [-0.4, -0.2) is 41.0 Å². The highest BCUT2D eigenvalue weighted by atomic mass is 16.2. The van der Waals surface area contributed by atoms with E-state index in [2.05, 4.69) is 24.1 Å². The van der Waals surface area contributed by atoms with Crippen LogP contribution in [0, 0.1) is 0 Å². The molecule has 4 nitrogen and oxygen atoms in total. The number of carbonyl (C=O) groups excluding carboxylic acids is 1. The van der Waals surface area contributed by atoms with Gasteiger partial charge >= 0.3 is 0 Å². The summed E-state index contributed by atoms with van der Waals surface area (Å²) >= 11 is 0. The zero-order valence-electron chi connectivity index (χ0n) is 11.8. The van der Waals surface area contributed by atoms with Gasteiger partial charge in [-0.15, -0.1) is 0 Å². The van der Waals surface area contributed by atoms with E-state index in [1.807, 2.05) is 23.1 Å². The standard InChI is InChI=1S/C15H23N3O/c1-12-10-18(11-13(2)17-12)15(19)8-5-7-14-6-3-4-9-16-14/h3-4,6,9,12-13,17H,5,7-8,10-11H2,1-2H3. The van der Waals surface area contributed by atoms with Crippen LogP contribution in [0.4, 0.5) is 0 Å². The summed E-state index contributed by atoms with van der Waals surface area (Å²) in [5.41, 5.74) is 1.07. The molecule has 2 rings (SSSR count). The molecule has 1 aromatic heterocycles. The number of aromatic nitrogens is 1. The summed E-state index contributed by atoms with van der Waals surface area (Å²) in [4.78, 5) is 18.4. The number of hydrogen-bond acceptors (Lipinski definition) is 3. The number of nitrogens with one attached hydrogen (secondary N) is 1. The summed E-state index contributed by atoms with van der Waals surface area (Å²) in [7, 11) is 0. The molecule has 1 aliphatic rings. The van der Waals surface area contributed by atoms with Crippen molar-refractivity contribution in [2.45, 2.75) is 45.2 Å². The first-order chi connectivity index (χ1) is 9.15. The van der Waals surface area contributed by atoms with Crippen LogP contribution >= 0.6 is 0 Å². The van der Waals surface area contributed by atoms with Gasteiger partial charge in [0.05, 0.1) is 0 Å². The van der Waals surface area contributed by atoms with E-state index in [9.17, 15) is 4.79 Å². The van der Waals surface area contributed by atoms with Gasteiger partial charge in [0, 0.05) is 43.5 Å². The molecule has 2 heterocycles. The predicted molar refractivity (Wildman–Crippen MR) is 75.8 cm³/mol. The van der Waals surface area contributed by atoms with Crippen molar-refractivity contribution in [1.82, 2.24) is 15.2 Å². The molecule has 1 aromatic rings. The van der Waals surface area contributed by atoms with Gasteiger partial charge in [0.25, 0.3) is 0 Å². The second-order valence-electron chi connectivity index (χ2n) is 5.44. The molecule has 0 spiro atoms. The first-order valence-electron chi connectivity index (χ1n) is 7.09. The van der Waals surface area contributed by atoms with E-state index in [1.54, 1.807) is 6.20 Å². The maximum absolute atomic E-state index is 12.2. The van der Waals surface area contributed by atoms with Crippen LogP contribution in [0.1, 0.15) is 32.4 Å². The highest BCUT2D eigenvalue weighted by Gasteiger charge is 2.24. The van der Waals surface area contributed by atoms with E-state index >= 15 is 0 Å². The minimum absolute atomic E-state index is 0.274. The lowest BCUT2D eigenvalue weighted by Gasteiger charge is -2.36. The van der Waals surface area contributed by atoms with Gasteiger partial charge in [0.2, 0.25) is 5.91 Å². The first kappa shape index (κ1) is 14.0. The van der Waals surface area contributed by atoms with Crippen molar-refractivity contribution in [3.8, 4) is 0 Å². The fourth-order valence-corrected chi connectivity index (χ4v) is 2.66. The molecular weight excluding hydrogens is 238 g/mol. The average molecular weight is 261 g/mol. The molecule has 1 aliphatic heterocycles. The number of aryl methyl sites for hydroxylation is 1. The SMILES string of the molecule is CC1CN(C(=O)CCCc2ccccn2)CC(C)N1. The molecule has 1 amide bonds.